The standard InChI is InChI=1S/C12H15Br2NO2/c1-7(3-8(2)16)15-12(17)9-4-10(13)6-11(14)5-9/h4-8,16H,3H2,1-2H3,(H,15,17). The lowest BCUT2D eigenvalue weighted by Crippen LogP contribution is -2.34. The fraction of sp³-hybridized carbons (Fsp3) is 0.417. The van der Waals surface area contributed by atoms with Crippen LogP contribution in [0.15, 0.2) is 27.1 Å². The Labute approximate surface area is 118 Å². The molecule has 0 aromatic heterocycles. The van der Waals surface area contributed by atoms with Crippen LogP contribution >= 0.6 is 31.9 Å². The summed E-state index contributed by atoms with van der Waals surface area (Å²) in [6.45, 7) is 3.58. The number of amides is 1. The number of aliphatic hydroxyl groups is 1. The minimum Gasteiger partial charge on any atom is -0.393 e. The molecule has 0 fully saturated rings. The summed E-state index contributed by atoms with van der Waals surface area (Å²) in [4.78, 5) is 11.9. The van der Waals surface area contributed by atoms with Crippen LogP contribution in [-0.4, -0.2) is 23.2 Å². The molecule has 0 bridgehead atoms. The van der Waals surface area contributed by atoms with E-state index in [4.69, 9.17) is 0 Å². The summed E-state index contributed by atoms with van der Waals surface area (Å²) in [5.74, 6) is -0.139. The first-order valence-corrected chi connectivity index (χ1v) is 6.92. The van der Waals surface area contributed by atoms with Gasteiger partial charge < -0.3 is 10.4 Å². The molecule has 0 heterocycles. The van der Waals surface area contributed by atoms with Gasteiger partial charge in [-0.05, 0) is 38.5 Å². The second kappa shape index (κ2) is 6.52. The molecule has 1 aromatic carbocycles. The van der Waals surface area contributed by atoms with Gasteiger partial charge in [0.2, 0.25) is 0 Å². The van der Waals surface area contributed by atoms with Crippen molar-refractivity contribution in [1.82, 2.24) is 5.32 Å². The van der Waals surface area contributed by atoms with E-state index in [0.29, 0.717) is 12.0 Å². The van der Waals surface area contributed by atoms with Crippen LogP contribution in [0.2, 0.25) is 0 Å². The molecule has 0 aliphatic rings. The highest BCUT2D eigenvalue weighted by Crippen LogP contribution is 2.20. The molecular formula is C12H15Br2NO2. The van der Waals surface area contributed by atoms with Crippen LogP contribution in [0.5, 0.6) is 0 Å². The smallest absolute Gasteiger partial charge is 0.251 e. The molecule has 2 unspecified atom stereocenters. The van der Waals surface area contributed by atoms with Gasteiger partial charge >= 0.3 is 0 Å². The van der Waals surface area contributed by atoms with Crippen molar-refractivity contribution in [2.75, 3.05) is 0 Å². The summed E-state index contributed by atoms with van der Waals surface area (Å²) in [6.07, 6.45) is 0.125. The lowest BCUT2D eigenvalue weighted by atomic mass is 10.1. The van der Waals surface area contributed by atoms with Gasteiger partial charge in [-0.25, -0.2) is 0 Å². The number of carbonyl (C=O) groups excluding carboxylic acids is 1. The number of carbonyl (C=O) groups is 1. The van der Waals surface area contributed by atoms with Gasteiger partial charge in [-0.3, -0.25) is 4.79 Å². The first-order valence-electron chi connectivity index (χ1n) is 5.33. The van der Waals surface area contributed by atoms with Crippen LogP contribution in [0.25, 0.3) is 0 Å². The quantitative estimate of drug-likeness (QED) is 0.862. The Morgan fingerprint density at radius 2 is 1.82 bits per heavy atom. The Kier molecular flexibility index (Phi) is 5.62. The number of halogens is 2. The minimum atomic E-state index is -0.417. The van der Waals surface area contributed by atoms with E-state index in [1.165, 1.54) is 0 Å². The Morgan fingerprint density at radius 3 is 2.29 bits per heavy atom. The summed E-state index contributed by atoms with van der Waals surface area (Å²) < 4.78 is 1.69. The molecule has 3 nitrogen and oxygen atoms in total. The van der Waals surface area contributed by atoms with Crippen molar-refractivity contribution < 1.29 is 9.90 Å². The van der Waals surface area contributed by atoms with Crippen LogP contribution in [0, 0.1) is 0 Å². The van der Waals surface area contributed by atoms with Gasteiger partial charge in [-0.1, -0.05) is 31.9 Å². The Bertz CT molecular complexity index is 387. The summed E-state index contributed by atoms with van der Waals surface area (Å²) in [6, 6.07) is 5.33. The molecule has 0 spiro atoms. The lowest BCUT2D eigenvalue weighted by molar-refractivity contribution is 0.0923. The minimum absolute atomic E-state index is 0.0553. The third-order valence-corrected chi connectivity index (χ3v) is 3.11. The number of rotatable bonds is 4. The highest BCUT2D eigenvalue weighted by atomic mass is 79.9. The van der Waals surface area contributed by atoms with E-state index in [9.17, 15) is 9.90 Å². The molecule has 1 rings (SSSR count). The predicted octanol–water partition coefficient (Wildman–Crippen LogP) is 3.10. The first kappa shape index (κ1) is 14.7. The van der Waals surface area contributed by atoms with Crippen molar-refractivity contribution in [3.63, 3.8) is 0 Å². The second-order valence-electron chi connectivity index (χ2n) is 4.12. The Hall–Kier alpha value is -0.390. The van der Waals surface area contributed by atoms with E-state index in [-0.39, 0.29) is 11.9 Å². The molecule has 2 N–H and O–H groups in total. The first-order chi connectivity index (χ1) is 7.88. The molecule has 94 valence electrons. The maximum Gasteiger partial charge on any atom is 0.251 e. The lowest BCUT2D eigenvalue weighted by Gasteiger charge is -2.15. The second-order valence-corrected chi connectivity index (χ2v) is 5.95. The van der Waals surface area contributed by atoms with Gasteiger partial charge in [0.15, 0.2) is 0 Å². The zero-order chi connectivity index (χ0) is 13.0. The summed E-state index contributed by atoms with van der Waals surface area (Å²) in [5, 5.41) is 12.1. The number of hydrogen-bond donors (Lipinski definition) is 2. The molecule has 5 heteroatoms. The monoisotopic (exact) mass is 363 g/mol. The highest BCUT2D eigenvalue weighted by Gasteiger charge is 2.12. The predicted molar refractivity (Wildman–Crippen MR) is 75.1 cm³/mol. The van der Waals surface area contributed by atoms with Gasteiger partial charge in [0.1, 0.15) is 0 Å². The SMILES string of the molecule is CC(O)CC(C)NC(=O)c1cc(Br)cc(Br)c1. The van der Waals surface area contributed by atoms with Crippen LogP contribution in [0.3, 0.4) is 0 Å². The van der Waals surface area contributed by atoms with Crippen LogP contribution in [0.4, 0.5) is 0 Å². The highest BCUT2D eigenvalue weighted by molar-refractivity contribution is 9.11. The van der Waals surface area contributed by atoms with E-state index in [2.05, 4.69) is 37.2 Å². The van der Waals surface area contributed by atoms with E-state index >= 15 is 0 Å². The maximum atomic E-state index is 11.9. The number of nitrogens with one attached hydrogen (secondary N) is 1. The third-order valence-electron chi connectivity index (χ3n) is 2.20. The molecule has 0 aliphatic heterocycles. The van der Waals surface area contributed by atoms with Crippen LogP contribution < -0.4 is 5.32 Å². The Morgan fingerprint density at radius 1 is 1.29 bits per heavy atom. The summed E-state index contributed by atoms with van der Waals surface area (Å²) in [7, 11) is 0. The number of hydrogen-bond acceptors (Lipinski definition) is 2. The number of aliphatic hydroxyl groups excluding tert-OH is 1. The molecule has 0 aliphatic carbocycles. The van der Waals surface area contributed by atoms with Crippen molar-refractivity contribution in [2.24, 2.45) is 0 Å². The molecule has 1 amide bonds. The van der Waals surface area contributed by atoms with Crippen molar-refractivity contribution in [1.29, 1.82) is 0 Å². The average Bonchev–Trinajstić information content (AvgIpc) is 2.14. The molecule has 0 saturated carbocycles. The van der Waals surface area contributed by atoms with Crippen LogP contribution in [0.1, 0.15) is 30.6 Å². The zero-order valence-electron chi connectivity index (χ0n) is 9.71. The maximum absolute atomic E-state index is 11.9. The molecule has 2 atom stereocenters. The van der Waals surface area contributed by atoms with Crippen molar-refractivity contribution in [3.05, 3.63) is 32.7 Å². The molecule has 1 aromatic rings. The molecule has 17 heavy (non-hydrogen) atoms. The van der Waals surface area contributed by atoms with Gasteiger partial charge in [0, 0.05) is 20.6 Å². The van der Waals surface area contributed by atoms with Crippen molar-refractivity contribution in [2.45, 2.75) is 32.4 Å². The third kappa shape index (κ3) is 5.19. The van der Waals surface area contributed by atoms with Crippen LogP contribution in [-0.2, 0) is 0 Å². The van der Waals surface area contributed by atoms with E-state index < -0.39 is 6.10 Å². The van der Waals surface area contributed by atoms with E-state index in [1.54, 1.807) is 19.1 Å². The normalized spacial score (nSPS) is 14.2. The number of benzene rings is 1. The van der Waals surface area contributed by atoms with E-state index in [1.807, 2.05) is 13.0 Å². The van der Waals surface area contributed by atoms with Crippen molar-refractivity contribution >= 4 is 37.8 Å². The molecular weight excluding hydrogens is 350 g/mol. The summed E-state index contributed by atoms with van der Waals surface area (Å²) >= 11 is 6.68. The van der Waals surface area contributed by atoms with Gasteiger partial charge in [-0.15, -0.1) is 0 Å². The fourth-order valence-electron chi connectivity index (χ4n) is 1.56. The summed E-state index contributed by atoms with van der Waals surface area (Å²) in [5.41, 5.74) is 0.587. The van der Waals surface area contributed by atoms with Crippen molar-refractivity contribution in [3.8, 4) is 0 Å². The largest absolute Gasteiger partial charge is 0.393 e. The van der Waals surface area contributed by atoms with E-state index in [0.717, 1.165) is 8.95 Å². The van der Waals surface area contributed by atoms with Gasteiger partial charge in [-0.2, -0.15) is 0 Å². The Balaban J connectivity index is 2.69. The topological polar surface area (TPSA) is 49.3 Å². The van der Waals surface area contributed by atoms with Gasteiger partial charge in [0.05, 0.1) is 6.10 Å². The molecule has 0 radical (unpaired) electrons. The molecule has 0 saturated heterocycles. The average molecular weight is 365 g/mol. The fourth-order valence-corrected chi connectivity index (χ4v) is 2.86. The zero-order valence-corrected chi connectivity index (χ0v) is 12.9. The van der Waals surface area contributed by atoms with Gasteiger partial charge in [0.25, 0.3) is 5.91 Å².